The molecule has 0 aliphatic carbocycles. The van der Waals surface area contributed by atoms with E-state index in [-0.39, 0.29) is 35.3 Å². The maximum absolute atomic E-state index is 12.4. The Kier molecular flexibility index (Phi) is 5.88. The van der Waals surface area contributed by atoms with Crippen LogP contribution in [0.1, 0.15) is 6.92 Å². The van der Waals surface area contributed by atoms with Crippen molar-refractivity contribution in [3.8, 4) is 0 Å². The molecule has 0 fully saturated rings. The molecule has 0 heterocycles. The number of nitro groups is 1. The van der Waals surface area contributed by atoms with Gasteiger partial charge >= 0.3 is 0 Å². The van der Waals surface area contributed by atoms with Gasteiger partial charge in [-0.15, -0.1) is 0 Å². The number of halogens is 1. The summed E-state index contributed by atoms with van der Waals surface area (Å²) in [7, 11) is -2.43. The van der Waals surface area contributed by atoms with Gasteiger partial charge in [-0.25, -0.2) is 8.42 Å². The summed E-state index contributed by atoms with van der Waals surface area (Å²) in [4.78, 5) is 9.80. The molecule has 0 saturated carbocycles. The zero-order valence-corrected chi connectivity index (χ0v) is 12.6. The summed E-state index contributed by atoms with van der Waals surface area (Å²) in [6.45, 7) is 2.25. The lowest BCUT2D eigenvalue weighted by Crippen LogP contribution is -2.34. The third kappa shape index (κ3) is 3.66. The van der Waals surface area contributed by atoms with E-state index in [1.165, 1.54) is 13.2 Å². The van der Waals surface area contributed by atoms with Crippen LogP contribution in [-0.4, -0.2) is 44.5 Å². The average Bonchev–Trinajstić information content (AvgIpc) is 2.39. The Hall–Kier alpha value is -1.22. The number of non-ortho nitro benzene ring substituents is 1. The van der Waals surface area contributed by atoms with Crippen molar-refractivity contribution < 1.29 is 18.1 Å². The number of hydrogen-bond acceptors (Lipinski definition) is 5. The number of ether oxygens (including phenoxy) is 1. The van der Waals surface area contributed by atoms with E-state index in [1.807, 2.05) is 0 Å². The predicted molar refractivity (Wildman–Crippen MR) is 74.4 cm³/mol. The van der Waals surface area contributed by atoms with Gasteiger partial charge in [0.1, 0.15) is 4.90 Å². The van der Waals surface area contributed by atoms with Crippen LogP contribution in [0.4, 0.5) is 5.69 Å². The summed E-state index contributed by atoms with van der Waals surface area (Å²) in [5, 5.41) is 10.7. The van der Waals surface area contributed by atoms with Gasteiger partial charge in [0.2, 0.25) is 10.0 Å². The van der Waals surface area contributed by atoms with E-state index in [2.05, 4.69) is 0 Å². The number of nitrogens with zero attached hydrogens (tertiary/aromatic N) is 2. The first-order valence-electron chi connectivity index (χ1n) is 5.77. The highest BCUT2D eigenvalue weighted by Gasteiger charge is 2.27. The molecule has 0 aliphatic rings. The summed E-state index contributed by atoms with van der Waals surface area (Å²) >= 11 is 5.86. The highest BCUT2D eigenvalue weighted by atomic mass is 35.5. The average molecular weight is 323 g/mol. The van der Waals surface area contributed by atoms with Crippen LogP contribution < -0.4 is 0 Å². The first-order chi connectivity index (χ1) is 9.34. The number of sulfonamides is 1. The Morgan fingerprint density at radius 3 is 2.60 bits per heavy atom. The monoisotopic (exact) mass is 322 g/mol. The van der Waals surface area contributed by atoms with Gasteiger partial charge in [0.25, 0.3) is 5.69 Å². The zero-order chi connectivity index (χ0) is 15.3. The van der Waals surface area contributed by atoms with Crippen LogP contribution in [-0.2, 0) is 14.8 Å². The molecule has 0 atom stereocenters. The number of rotatable bonds is 7. The second-order valence-corrected chi connectivity index (χ2v) is 6.17. The third-order valence-corrected chi connectivity index (χ3v) is 5.10. The molecule has 1 rings (SSSR count). The highest BCUT2D eigenvalue weighted by Crippen LogP contribution is 2.28. The standard InChI is InChI=1S/C11H15ClN2O5S/c1-3-13(6-7-19-2)20(17,18)11-8-9(14(15)16)4-5-10(11)12/h4-5,8H,3,6-7H2,1-2H3. The number of benzene rings is 1. The van der Waals surface area contributed by atoms with Crippen LogP contribution >= 0.6 is 11.6 Å². The number of nitro benzene ring substituents is 1. The van der Waals surface area contributed by atoms with Crippen molar-refractivity contribution in [2.45, 2.75) is 11.8 Å². The third-order valence-electron chi connectivity index (χ3n) is 2.64. The van der Waals surface area contributed by atoms with Crippen molar-refractivity contribution in [3.05, 3.63) is 33.3 Å². The highest BCUT2D eigenvalue weighted by molar-refractivity contribution is 7.89. The summed E-state index contributed by atoms with van der Waals surface area (Å²) in [5.74, 6) is 0. The smallest absolute Gasteiger partial charge is 0.270 e. The lowest BCUT2D eigenvalue weighted by atomic mass is 10.3. The van der Waals surface area contributed by atoms with Crippen LogP contribution in [0.3, 0.4) is 0 Å². The Morgan fingerprint density at radius 2 is 2.10 bits per heavy atom. The SMILES string of the molecule is CCN(CCOC)S(=O)(=O)c1cc([N+](=O)[O-])ccc1Cl. The van der Waals surface area contributed by atoms with Crippen LogP contribution in [0, 0.1) is 10.1 Å². The van der Waals surface area contributed by atoms with Gasteiger partial charge < -0.3 is 4.74 Å². The van der Waals surface area contributed by atoms with E-state index in [1.54, 1.807) is 6.92 Å². The van der Waals surface area contributed by atoms with Gasteiger partial charge in [0.15, 0.2) is 0 Å². The lowest BCUT2D eigenvalue weighted by Gasteiger charge is -2.20. The molecule has 20 heavy (non-hydrogen) atoms. The number of hydrogen-bond donors (Lipinski definition) is 0. The van der Waals surface area contributed by atoms with E-state index in [0.29, 0.717) is 0 Å². The molecule has 1 aromatic rings. The zero-order valence-electron chi connectivity index (χ0n) is 11.1. The van der Waals surface area contributed by atoms with Crippen molar-refractivity contribution >= 4 is 27.3 Å². The molecule has 1 aromatic carbocycles. The molecular weight excluding hydrogens is 308 g/mol. The maximum atomic E-state index is 12.4. The van der Waals surface area contributed by atoms with Crippen LogP contribution in [0.2, 0.25) is 5.02 Å². The first kappa shape index (κ1) is 16.8. The molecule has 0 bridgehead atoms. The molecule has 0 radical (unpaired) electrons. The van der Waals surface area contributed by atoms with Gasteiger partial charge in [0, 0.05) is 32.3 Å². The molecule has 0 saturated heterocycles. The molecule has 0 spiro atoms. The Bertz CT molecular complexity index is 590. The fourth-order valence-corrected chi connectivity index (χ4v) is 3.51. The van der Waals surface area contributed by atoms with Gasteiger partial charge in [-0.1, -0.05) is 18.5 Å². The summed E-state index contributed by atoms with van der Waals surface area (Å²) in [6, 6.07) is 3.33. The van der Waals surface area contributed by atoms with Crippen molar-refractivity contribution in [1.29, 1.82) is 0 Å². The summed E-state index contributed by atoms with van der Waals surface area (Å²) in [5.41, 5.74) is -0.323. The minimum atomic E-state index is -3.89. The Labute approximate surface area is 122 Å². The van der Waals surface area contributed by atoms with Gasteiger partial charge in [-0.05, 0) is 6.07 Å². The van der Waals surface area contributed by atoms with E-state index in [9.17, 15) is 18.5 Å². The molecule has 7 nitrogen and oxygen atoms in total. The molecule has 0 N–H and O–H groups in total. The summed E-state index contributed by atoms with van der Waals surface area (Å²) in [6.07, 6.45) is 0. The molecule has 0 unspecified atom stereocenters. The van der Waals surface area contributed by atoms with Gasteiger partial charge in [0.05, 0.1) is 16.6 Å². The van der Waals surface area contributed by atoms with Crippen molar-refractivity contribution in [2.75, 3.05) is 26.8 Å². The maximum Gasteiger partial charge on any atom is 0.270 e. The lowest BCUT2D eigenvalue weighted by molar-refractivity contribution is -0.385. The molecule has 0 aliphatic heterocycles. The minimum absolute atomic E-state index is 0.0496. The van der Waals surface area contributed by atoms with Crippen LogP contribution in [0.25, 0.3) is 0 Å². The van der Waals surface area contributed by atoms with Crippen LogP contribution in [0.5, 0.6) is 0 Å². The molecular formula is C11H15ClN2O5S. The fourth-order valence-electron chi connectivity index (χ4n) is 1.58. The number of methoxy groups -OCH3 is 1. The van der Waals surface area contributed by atoms with E-state index in [4.69, 9.17) is 16.3 Å². The fraction of sp³-hybridized carbons (Fsp3) is 0.455. The molecule has 112 valence electrons. The minimum Gasteiger partial charge on any atom is -0.383 e. The normalized spacial score (nSPS) is 11.8. The second kappa shape index (κ2) is 6.98. The Morgan fingerprint density at radius 1 is 1.45 bits per heavy atom. The summed E-state index contributed by atoms with van der Waals surface area (Å²) < 4.78 is 30.9. The van der Waals surface area contributed by atoms with Crippen molar-refractivity contribution in [1.82, 2.24) is 4.31 Å². The van der Waals surface area contributed by atoms with E-state index in [0.717, 1.165) is 16.4 Å². The quantitative estimate of drug-likeness (QED) is 0.565. The topological polar surface area (TPSA) is 89.8 Å². The van der Waals surface area contributed by atoms with E-state index < -0.39 is 14.9 Å². The first-order valence-corrected chi connectivity index (χ1v) is 7.59. The van der Waals surface area contributed by atoms with Gasteiger partial charge in [-0.3, -0.25) is 10.1 Å². The van der Waals surface area contributed by atoms with Gasteiger partial charge in [-0.2, -0.15) is 4.31 Å². The Balaban J connectivity index is 3.26. The van der Waals surface area contributed by atoms with Crippen molar-refractivity contribution in [2.24, 2.45) is 0 Å². The van der Waals surface area contributed by atoms with Crippen molar-refractivity contribution in [3.63, 3.8) is 0 Å². The number of likely N-dealkylation sites (N-methyl/N-ethyl adjacent to an activating group) is 1. The van der Waals surface area contributed by atoms with E-state index >= 15 is 0 Å². The molecule has 0 aromatic heterocycles. The second-order valence-electron chi connectivity index (χ2n) is 3.86. The van der Waals surface area contributed by atoms with Crippen LogP contribution in [0.15, 0.2) is 23.1 Å². The largest absolute Gasteiger partial charge is 0.383 e. The predicted octanol–water partition coefficient (Wildman–Crippen LogP) is 1.91. The molecule has 9 heteroatoms. The molecule has 0 amide bonds.